The van der Waals surface area contributed by atoms with Gasteiger partial charge in [-0.2, -0.15) is 0 Å². The highest BCUT2D eigenvalue weighted by Crippen LogP contribution is 2.13. The van der Waals surface area contributed by atoms with Crippen molar-refractivity contribution in [2.24, 2.45) is 0 Å². The van der Waals surface area contributed by atoms with Gasteiger partial charge in [-0.15, -0.1) is 0 Å². The first-order valence-electron chi connectivity index (χ1n) is 5.40. The molecule has 0 unspecified atom stereocenters. The quantitative estimate of drug-likeness (QED) is 0.728. The van der Waals surface area contributed by atoms with Crippen molar-refractivity contribution >= 4 is 18.5 Å². The maximum Gasteiger partial charge on any atom is 0.335 e. The van der Waals surface area contributed by atoms with Crippen LogP contribution in [-0.4, -0.2) is 23.6 Å². The third kappa shape index (κ3) is 4.18. The van der Waals surface area contributed by atoms with Gasteiger partial charge < -0.3 is 14.7 Å². The minimum atomic E-state index is -0.995. The Morgan fingerprint density at radius 2 is 1.47 bits per heavy atom. The van der Waals surface area contributed by atoms with Crippen LogP contribution in [0.4, 0.5) is 0 Å². The third-order valence-electron chi connectivity index (χ3n) is 2.40. The van der Waals surface area contributed by atoms with E-state index in [1.54, 1.807) is 12.1 Å². The normalized spacial score (nSPS) is 9.88. The van der Waals surface area contributed by atoms with E-state index in [9.17, 15) is 14.4 Å². The number of aromatic carboxylic acids is 1. The molecule has 0 aliphatic heterocycles. The molecular weight excluding hydrogens is 220 g/mol. The highest BCUT2D eigenvalue weighted by molar-refractivity contribution is 5.88. The number of carbonyl (C=O) groups is 3. The summed E-state index contributed by atoms with van der Waals surface area (Å²) >= 11 is 0. The van der Waals surface area contributed by atoms with Crippen molar-refractivity contribution in [1.29, 1.82) is 0 Å². The van der Waals surface area contributed by atoms with Crippen molar-refractivity contribution in [2.45, 2.75) is 25.7 Å². The van der Waals surface area contributed by atoms with Crippen molar-refractivity contribution in [2.75, 3.05) is 0 Å². The number of hydrogen-bond donors (Lipinski definition) is 1. The molecule has 17 heavy (non-hydrogen) atoms. The molecular formula is C13H14O4. The fourth-order valence-electron chi connectivity index (χ4n) is 1.63. The van der Waals surface area contributed by atoms with Gasteiger partial charge >= 0.3 is 5.97 Å². The Morgan fingerprint density at radius 3 is 1.82 bits per heavy atom. The van der Waals surface area contributed by atoms with Crippen molar-refractivity contribution in [3.05, 3.63) is 34.9 Å². The Bertz CT molecular complexity index is 393. The lowest BCUT2D eigenvalue weighted by molar-refractivity contribution is -0.108. The van der Waals surface area contributed by atoms with E-state index in [0.717, 1.165) is 23.7 Å². The van der Waals surface area contributed by atoms with Crippen LogP contribution in [0.1, 0.15) is 34.3 Å². The van der Waals surface area contributed by atoms with Crippen LogP contribution in [0.25, 0.3) is 0 Å². The van der Waals surface area contributed by atoms with Gasteiger partial charge in [0, 0.05) is 12.8 Å². The molecule has 0 atom stereocenters. The van der Waals surface area contributed by atoms with E-state index < -0.39 is 5.97 Å². The highest BCUT2D eigenvalue weighted by Gasteiger charge is 2.07. The first kappa shape index (κ1) is 13.1. The minimum absolute atomic E-state index is 0.203. The number of carboxylic acids is 1. The molecule has 4 nitrogen and oxygen atoms in total. The molecule has 4 heteroatoms. The molecule has 1 aromatic carbocycles. The van der Waals surface area contributed by atoms with E-state index in [-0.39, 0.29) is 5.56 Å². The first-order chi connectivity index (χ1) is 8.17. The summed E-state index contributed by atoms with van der Waals surface area (Å²) < 4.78 is 0. The molecule has 0 amide bonds. The van der Waals surface area contributed by atoms with Crippen LogP contribution in [0, 0.1) is 0 Å². The average molecular weight is 234 g/mol. The van der Waals surface area contributed by atoms with Crippen molar-refractivity contribution in [1.82, 2.24) is 0 Å². The molecule has 1 N–H and O–H groups in total. The standard InChI is InChI=1S/C13H14O4/c14-5-1-3-10-7-11(4-2-6-15)9-12(8-10)13(16)17/h5-9H,1-4H2,(H,16,17). The van der Waals surface area contributed by atoms with Crippen molar-refractivity contribution in [3.8, 4) is 0 Å². The second-order valence-electron chi connectivity index (χ2n) is 3.75. The van der Waals surface area contributed by atoms with Gasteiger partial charge in [0.15, 0.2) is 0 Å². The summed E-state index contributed by atoms with van der Waals surface area (Å²) in [4.78, 5) is 31.5. The zero-order chi connectivity index (χ0) is 12.7. The van der Waals surface area contributed by atoms with E-state index >= 15 is 0 Å². The predicted octanol–water partition coefficient (Wildman–Crippen LogP) is 1.65. The van der Waals surface area contributed by atoms with Gasteiger partial charge in [-0.05, 0) is 36.1 Å². The van der Waals surface area contributed by atoms with Crippen LogP contribution in [0.3, 0.4) is 0 Å². The monoisotopic (exact) mass is 234 g/mol. The van der Waals surface area contributed by atoms with Gasteiger partial charge in [0.05, 0.1) is 5.56 Å². The SMILES string of the molecule is O=CCCc1cc(CCC=O)cc(C(=O)O)c1. The number of benzene rings is 1. The van der Waals surface area contributed by atoms with Gasteiger partial charge in [0.2, 0.25) is 0 Å². The molecule has 0 aromatic heterocycles. The van der Waals surface area contributed by atoms with Crippen LogP contribution in [0.15, 0.2) is 18.2 Å². The maximum absolute atomic E-state index is 10.9. The number of carbonyl (C=O) groups excluding carboxylic acids is 2. The zero-order valence-electron chi connectivity index (χ0n) is 9.39. The van der Waals surface area contributed by atoms with E-state index in [1.807, 2.05) is 6.07 Å². The summed E-state index contributed by atoms with van der Waals surface area (Å²) in [6.45, 7) is 0. The summed E-state index contributed by atoms with van der Waals surface area (Å²) in [5.74, 6) is -0.995. The molecule has 0 heterocycles. The predicted molar refractivity (Wildman–Crippen MR) is 62.2 cm³/mol. The van der Waals surface area contributed by atoms with Gasteiger partial charge in [0.1, 0.15) is 12.6 Å². The Morgan fingerprint density at radius 1 is 1.00 bits per heavy atom. The Kier molecular flexibility index (Phi) is 5.07. The van der Waals surface area contributed by atoms with Crippen LogP contribution in [0.5, 0.6) is 0 Å². The Hall–Kier alpha value is -1.97. The van der Waals surface area contributed by atoms with Crippen LogP contribution >= 0.6 is 0 Å². The molecule has 0 radical (unpaired) electrons. The summed E-state index contributed by atoms with van der Waals surface area (Å²) in [7, 11) is 0. The molecule has 1 aromatic rings. The van der Waals surface area contributed by atoms with Crippen molar-refractivity contribution in [3.63, 3.8) is 0 Å². The Balaban J connectivity index is 2.95. The van der Waals surface area contributed by atoms with Crippen molar-refractivity contribution < 1.29 is 19.5 Å². The van der Waals surface area contributed by atoms with Crippen LogP contribution < -0.4 is 0 Å². The van der Waals surface area contributed by atoms with Gasteiger partial charge in [-0.3, -0.25) is 0 Å². The molecule has 0 saturated carbocycles. The molecule has 0 aliphatic carbocycles. The fraction of sp³-hybridized carbons (Fsp3) is 0.308. The fourth-order valence-corrected chi connectivity index (χ4v) is 1.63. The minimum Gasteiger partial charge on any atom is -0.478 e. The number of hydrogen-bond acceptors (Lipinski definition) is 3. The third-order valence-corrected chi connectivity index (χ3v) is 2.40. The lowest BCUT2D eigenvalue weighted by atomic mass is 10.00. The average Bonchev–Trinajstić information content (AvgIpc) is 2.33. The smallest absolute Gasteiger partial charge is 0.335 e. The Labute approximate surface area is 99.3 Å². The second-order valence-corrected chi connectivity index (χ2v) is 3.75. The summed E-state index contributed by atoms with van der Waals surface area (Å²) in [5.41, 5.74) is 1.84. The number of rotatable bonds is 7. The lowest BCUT2D eigenvalue weighted by Crippen LogP contribution is -2.01. The second kappa shape index (κ2) is 6.58. The zero-order valence-corrected chi connectivity index (χ0v) is 9.39. The topological polar surface area (TPSA) is 71.4 Å². The number of carboxylic acid groups (broad SMARTS) is 1. The van der Waals surface area contributed by atoms with Crippen LogP contribution in [-0.2, 0) is 22.4 Å². The van der Waals surface area contributed by atoms with E-state index in [4.69, 9.17) is 5.11 Å². The molecule has 0 spiro atoms. The number of aldehydes is 2. The van der Waals surface area contributed by atoms with Gasteiger partial charge in [-0.25, -0.2) is 4.79 Å². The molecule has 90 valence electrons. The molecule has 1 rings (SSSR count). The highest BCUT2D eigenvalue weighted by atomic mass is 16.4. The van der Waals surface area contributed by atoms with E-state index in [2.05, 4.69) is 0 Å². The van der Waals surface area contributed by atoms with Gasteiger partial charge in [0.25, 0.3) is 0 Å². The summed E-state index contributed by atoms with van der Waals surface area (Å²) in [6, 6.07) is 4.98. The number of aryl methyl sites for hydroxylation is 2. The van der Waals surface area contributed by atoms with Gasteiger partial charge in [-0.1, -0.05) is 6.07 Å². The molecule has 0 bridgehead atoms. The largest absolute Gasteiger partial charge is 0.478 e. The summed E-state index contributed by atoms with van der Waals surface area (Å²) in [5, 5.41) is 8.95. The molecule has 0 aliphatic rings. The van der Waals surface area contributed by atoms with Crippen LogP contribution in [0.2, 0.25) is 0 Å². The lowest BCUT2D eigenvalue weighted by Gasteiger charge is -2.05. The first-order valence-corrected chi connectivity index (χ1v) is 5.40. The molecule has 0 fully saturated rings. The maximum atomic E-state index is 10.9. The summed E-state index contributed by atoms with van der Waals surface area (Å²) in [6.07, 6.45) is 3.40. The molecule has 0 saturated heterocycles. The van der Waals surface area contributed by atoms with E-state index in [0.29, 0.717) is 25.7 Å². The van der Waals surface area contributed by atoms with E-state index in [1.165, 1.54) is 0 Å².